The van der Waals surface area contributed by atoms with E-state index in [0.717, 1.165) is 36.1 Å². The van der Waals surface area contributed by atoms with Gasteiger partial charge in [-0.05, 0) is 73.7 Å². The number of nitrogens with two attached hydrogens (primary N) is 1. The molecule has 40 heavy (non-hydrogen) atoms. The molecule has 2 atom stereocenters. The van der Waals surface area contributed by atoms with Crippen molar-refractivity contribution in [1.82, 2.24) is 4.41 Å². The number of carbonyl (C=O) groups excluding carboxylic acids is 1. The molecule has 0 aliphatic heterocycles. The fourth-order valence-electron chi connectivity index (χ4n) is 5.09. The second-order valence-electron chi connectivity index (χ2n) is 10.3. The first-order valence-electron chi connectivity index (χ1n) is 13.5. The van der Waals surface area contributed by atoms with Gasteiger partial charge in [-0.15, -0.1) is 16.2 Å². The fourth-order valence-corrected chi connectivity index (χ4v) is 7.30. The fraction of sp³-hybridized carbons (Fsp3) is 0.367. The number of aliphatic hydroxyl groups excluding tert-OH is 1. The number of hydrogen-bond donors (Lipinski definition) is 3. The summed E-state index contributed by atoms with van der Waals surface area (Å²) < 4.78 is 26.8. The highest BCUT2D eigenvalue weighted by Crippen LogP contribution is 2.33. The lowest BCUT2D eigenvalue weighted by atomic mass is 9.99. The minimum atomic E-state index is -4.07. The predicted molar refractivity (Wildman–Crippen MR) is 158 cm³/mol. The van der Waals surface area contributed by atoms with Crippen molar-refractivity contribution in [3.63, 3.8) is 0 Å². The molecule has 1 amide bonds. The Bertz CT molecular complexity index is 1370. The van der Waals surface area contributed by atoms with Gasteiger partial charge < -0.3 is 15.1 Å². The lowest BCUT2D eigenvalue weighted by Gasteiger charge is -2.33. The van der Waals surface area contributed by atoms with Gasteiger partial charge in [-0.2, -0.15) is 0 Å². The molecule has 10 heteroatoms. The van der Waals surface area contributed by atoms with Crippen molar-refractivity contribution in [2.24, 2.45) is 17.7 Å². The third-order valence-electron chi connectivity index (χ3n) is 7.32. The predicted octanol–water partition coefficient (Wildman–Crippen LogP) is 4.56. The first-order chi connectivity index (χ1) is 19.2. The van der Waals surface area contributed by atoms with E-state index >= 15 is 0 Å². The zero-order valence-corrected chi connectivity index (χ0v) is 24.2. The van der Waals surface area contributed by atoms with Gasteiger partial charge in [0.2, 0.25) is 5.91 Å². The standard InChI is InChI=1S/C30H37N3O5S2/c1-22-18-24(34)16-17-28(22)32(19-23-10-8-9-11-23)30(36)27(21-39-25-12-4-2-5-13-25)29(35)20-33(31)40(37,38)26-14-6-3-7-15-26/h2-7,12-18,23,27,29,34-35H,8-11,19-21,31H2,1H3. The van der Waals surface area contributed by atoms with Gasteiger partial charge in [0.05, 0.1) is 23.5 Å². The van der Waals surface area contributed by atoms with Gasteiger partial charge in [-0.3, -0.25) is 10.6 Å². The van der Waals surface area contributed by atoms with E-state index in [2.05, 4.69) is 0 Å². The Balaban J connectivity index is 1.64. The molecule has 8 nitrogen and oxygen atoms in total. The van der Waals surface area contributed by atoms with Crippen molar-refractivity contribution in [3.8, 4) is 5.75 Å². The SMILES string of the molecule is Cc1cc(O)ccc1N(CC1CCCC1)C(=O)C(CSc1ccccc1)C(O)CN(N)S(=O)(=O)c1ccccc1. The van der Waals surface area contributed by atoms with Crippen LogP contribution in [0.15, 0.2) is 88.7 Å². The molecule has 0 spiro atoms. The van der Waals surface area contributed by atoms with Crippen molar-refractivity contribution < 1.29 is 23.4 Å². The number of sulfonamides is 1. The number of thioether (sulfide) groups is 1. The van der Waals surface area contributed by atoms with Crippen molar-refractivity contribution in [1.29, 1.82) is 0 Å². The van der Waals surface area contributed by atoms with E-state index in [0.29, 0.717) is 22.6 Å². The highest BCUT2D eigenvalue weighted by Gasteiger charge is 2.36. The van der Waals surface area contributed by atoms with E-state index in [4.69, 9.17) is 5.84 Å². The van der Waals surface area contributed by atoms with E-state index < -0.39 is 28.6 Å². The molecule has 1 aliphatic carbocycles. The summed E-state index contributed by atoms with van der Waals surface area (Å²) in [6, 6.07) is 22.2. The summed E-state index contributed by atoms with van der Waals surface area (Å²) in [6.45, 7) is 1.87. The normalized spacial score (nSPS) is 15.7. The Hall–Kier alpha value is -2.89. The Morgan fingerprint density at radius 3 is 2.27 bits per heavy atom. The number of rotatable bonds is 12. The molecule has 4 N–H and O–H groups in total. The van der Waals surface area contributed by atoms with Gasteiger partial charge in [-0.25, -0.2) is 8.42 Å². The molecule has 0 saturated heterocycles. The lowest BCUT2D eigenvalue weighted by molar-refractivity contribution is -0.125. The van der Waals surface area contributed by atoms with Crippen molar-refractivity contribution >= 4 is 33.4 Å². The second-order valence-corrected chi connectivity index (χ2v) is 13.2. The van der Waals surface area contributed by atoms with Gasteiger partial charge in [0, 0.05) is 22.9 Å². The van der Waals surface area contributed by atoms with Crippen LogP contribution in [0.5, 0.6) is 5.75 Å². The molecule has 1 aliphatic rings. The summed E-state index contributed by atoms with van der Waals surface area (Å²) in [5, 5.41) is 21.4. The number of phenolic OH excluding ortho intramolecular Hbond substituents is 1. The number of nitrogens with zero attached hydrogens (tertiary/aromatic N) is 2. The number of hydrogen-bond acceptors (Lipinski definition) is 7. The molecule has 0 bridgehead atoms. The van der Waals surface area contributed by atoms with Crippen LogP contribution in [0, 0.1) is 18.8 Å². The average Bonchev–Trinajstić information content (AvgIpc) is 3.46. The third kappa shape index (κ3) is 7.44. The molecule has 2 unspecified atom stereocenters. The summed E-state index contributed by atoms with van der Waals surface area (Å²) in [4.78, 5) is 17.0. The summed E-state index contributed by atoms with van der Waals surface area (Å²) in [6.07, 6.45) is 2.88. The highest BCUT2D eigenvalue weighted by molar-refractivity contribution is 7.99. The van der Waals surface area contributed by atoms with Gasteiger partial charge in [0.1, 0.15) is 5.75 Å². The molecule has 3 aromatic carbocycles. The molecule has 0 aromatic heterocycles. The molecule has 214 valence electrons. The Kier molecular flexibility index (Phi) is 10.3. The van der Waals surface area contributed by atoms with Crippen molar-refractivity contribution in [3.05, 3.63) is 84.4 Å². The van der Waals surface area contributed by atoms with Gasteiger partial charge in [0.25, 0.3) is 10.0 Å². The van der Waals surface area contributed by atoms with Crippen LogP contribution in [0.1, 0.15) is 31.2 Å². The first-order valence-corrected chi connectivity index (χ1v) is 15.9. The van der Waals surface area contributed by atoms with Crippen LogP contribution in [0.25, 0.3) is 0 Å². The number of aromatic hydroxyl groups is 1. The zero-order valence-electron chi connectivity index (χ0n) is 22.6. The van der Waals surface area contributed by atoms with Gasteiger partial charge >= 0.3 is 0 Å². The first kappa shape index (κ1) is 30.1. The Morgan fingerprint density at radius 2 is 1.65 bits per heavy atom. The van der Waals surface area contributed by atoms with Crippen LogP contribution >= 0.6 is 11.8 Å². The highest BCUT2D eigenvalue weighted by atomic mass is 32.2. The van der Waals surface area contributed by atoms with Crippen LogP contribution in [0.3, 0.4) is 0 Å². The topological polar surface area (TPSA) is 124 Å². The minimum Gasteiger partial charge on any atom is -0.508 e. The molecule has 3 aromatic rings. The number of carbonyl (C=O) groups is 1. The summed E-state index contributed by atoms with van der Waals surface area (Å²) in [7, 11) is -4.07. The Morgan fingerprint density at radius 1 is 1.02 bits per heavy atom. The second kappa shape index (κ2) is 13.6. The van der Waals surface area contributed by atoms with Crippen LogP contribution in [0.2, 0.25) is 0 Å². The maximum absolute atomic E-state index is 14.3. The monoisotopic (exact) mass is 583 g/mol. The zero-order chi connectivity index (χ0) is 28.7. The van der Waals surface area contributed by atoms with Crippen LogP contribution < -0.4 is 10.7 Å². The number of phenols is 1. The molecule has 0 heterocycles. The molecule has 1 fully saturated rings. The van der Waals surface area contributed by atoms with E-state index in [-0.39, 0.29) is 22.3 Å². The molecular weight excluding hydrogens is 546 g/mol. The van der Waals surface area contributed by atoms with Crippen LogP contribution in [0.4, 0.5) is 5.69 Å². The number of hydrazine groups is 1. The van der Waals surface area contributed by atoms with E-state index in [9.17, 15) is 23.4 Å². The maximum atomic E-state index is 14.3. The minimum absolute atomic E-state index is 0.00816. The maximum Gasteiger partial charge on any atom is 0.255 e. The quantitative estimate of drug-likeness (QED) is 0.162. The largest absolute Gasteiger partial charge is 0.508 e. The van der Waals surface area contributed by atoms with Gasteiger partial charge in [0.15, 0.2) is 0 Å². The molecule has 1 saturated carbocycles. The average molecular weight is 584 g/mol. The van der Waals surface area contributed by atoms with Crippen molar-refractivity contribution in [2.45, 2.75) is 48.5 Å². The van der Waals surface area contributed by atoms with Gasteiger partial charge in [-0.1, -0.05) is 49.2 Å². The molecular formula is C30H37N3O5S2. The van der Waals surface area contributed by atoms with Crippen LogP contribution in [-0.2, 0) is 14.8 Å². The van der Waals surface area contributed by atoms with E-state index in [1.165, 1.54) is 23.9 Å². The molecule has 0 radical (unpaired) electrons. The summed E-state index contributed by atoms with van der Waals surface area (Å²) in [5.74, 6) is 5.42. The number of aliphatic hydroxyl groups is 1. The van der Waals surface area contributed by atoms with E-state index in [1.807, 2.05) is 37.3 Å². The number of amides is 1. The van der Waals surface area contributed by atoms with Crippen LogP contribution in [-0.4, -0.2) is 53.9 Å². The smallest absolute Gasteiger partial charge is 0.255 e. The number of benzene rings is 3. The summed E-state index contributed by atoms with van der Waals surface area (Å²) in [5.41, 5.74) is 1.40. The summed E-state index contributed by atoms with van der Waals surface area (Å²) >= 11 is 1.42. The lowest BCUT2D eigenvalue weighted by Crippen LogP contribution is -2.50. The number of anilines is 1. The molecule has 4 rings (SSSR count). The van der Waals surface area contributed by atoms with E-state index in [1.54, 1.807) is 41.3 Å². The third-order valence-corrected chi connectivity index (χ3v) is 10.1. The number of aryl methyl sites for hydroxylation is 1. The van der Waals surface area contributed by atoms with Crippen molar-refractivity contribution in [2.75, 3.05) is 23.7 Å². The Labute approximate surface area is 240 Å².